The predicted molar refractivity (Wildman–Crippen MR) is 42.8 cm³/mol. The lowest BCUT2D eigenvalue weighted by molar-refractivity contribution is 0.177. The first-order chi connectivity index (χ1) is 5.40. The maximum Gasteiger partial charge on any atom is 0.107 e. The van der Waals surface area contributed by atoms with Crippen LogP contribution in [0.15, 0.2) is 24.3 Å². The number of rotatable bonds is 2. The van der Waals surface area contributed by atoms with Gasteiger partial charge in [-0.3, -0.25) is 0 Å². The molecule has 11 heavy (non-hydrogen) atoms. The van der Waals surface area contributed by atoms with Crippen LogP contribution in [0.1, 0.15) is 29.9 Å². The van der Waals surface area contributed by atoms with Gasteiger partial charge in [-0.05, 0) is 29.9 Å². The first-order valence-electron chi connectivity index (χ1n) is 4.07. The van der Waals surface area contributed by atoms with Crippen LogP contribution in [0, 0.1) is 0 Å². The summed E-state index contributed by atoms with van der Waals surface area (Å²) in [5.74, 6) is 0.802. The summed E-state index contributed by atoms with van der Waals surface area (Å²) >= 11 is 0. The lowest BCUT2D eigenvalue weighted by atomic mass is 10.1. The van der Waals surface area contributed by atoms with E-state index in [1.807, 2.05) is 12.1 Å². The summed E-state index contributed by atoms with van der Waals surface area (Å²) in [6.07, 6.45) is 2.66. The van der Waals surface area contributed by atoms with Gasteiger partial charge in [0.05, 0.1) is 0 Å². The summed E-state index contributed by atoms with van der Waals surface area (Å²) in [5, 5.41) is 10.4. The molecular formula is C10H11O. The summed E-state index contributed by atoms with van der Waals surface area (Å²) in [7, 11) is 0. The van der Waals surface area contributed by atoms with E-state index in [-0.39, 0.29) is 6.61 Å². The fourth-order valence-corrected chi connectivity index (χ4v) is 1.30. The molecule has 0 atom stereocenters. The molecular weight excluding hydrogens is 136 g/mol. The summed E-state index contributed by atoms with van der Waals surface area (Å²) in [4.78, 5) is 0. The molecule has 0 N–H and O–H groups in total. The molecule has 1 heteroatoms. The first-order valence-corrected chi connectivity index (χ1v) is 4.07. The van der Waals surface area contributed by atoms with Crippen molar-refractivity contribution in [3.05, 3.63) is 35.4 Å². The van der Waals surface area contributed by atoms with Gasteiger partial charge in [0.25, 0.3) is 0 Å². The Morgan fingerprint density at radius 2 is 1.82 bits per heavy atom. The van der Waals surface area contributed by atoms with Crippen molar-refractivity contribution in [2.45, 2.75) is 25.4 Å². The summed E-state index contributed by atoms with van der Waals surface area (Å²) in [5.41, 5.74) is 2.30. The average Bonchev–Trinajstić information content (AvgIpc) is 2.87. The van der Waals surface area contributed by atoms with Crippen molar-refractivity contribution in [3.63, 3.8) is 0 Å². The predicted octanol–water partition coefficient (Wildman–Crippen LogP) is 2.49. The molecule has 57 valence electrons. The average molecular weight is 147 g/mol. The van der Waals surface area contributed by atoms with E-state index >= 15 is 0 Å². The van der Waals surface area contributed by atoms with Crippen LogP contribution in [0.25, 0.3) is 0 Å². The Kier molecular flexibility index (Phi) is 1.66. The zero-order chi connectivity index (χ0) is 7.68. The molecule has 0 bridgehead atoms. The second-order valence-electron chi connectivity index (χ2n) is 3.16. The third-order valence-corrected chi connectivity index (χ3v) is 2.20. The Morgan fingerprint density at radius 3 is 2.27 bits per heavy atom. The topological polar surface area (TPSA) is 19.9 Å². The van der Waals surface area contributed by atoms with E-state index in [1.165, 1.54) is 18.4 Å². The second-order valence-corrected chi connectivity index (χ2v) is 3.16. The molecule has 0 aromatic heterocycles. The number of hydrogen-bond donors (Lipinski definition) is 0. The van der Waals surface area contributed by atoms with Crippen molar-refractivity contribution in [1.82, 2.24) is 0 Å². The van der Waals surface area contributed by atoms with Gasteiger partial charge in [0.15, 0.2) is 0 Å². The molecule has 0 unspecified atom stereocenters. The lowest BCUT2D eigenvalue weighted by Crippen LogP contribution is -1.82. The van der Waals surface area contributed by atoms with Crippen molar-refractivity contribution < 1.29 is 5.11 Å². The highest BCUT2D eigenvalue weighted by Gasteiger charge is 2.22. The van der Waals surface area contributed by atoms with Crippen LogP contribution in [-0.2, 0) is 11.7 Å². The molecule has 2 rings (SSSR count). The summed E-state index contributed by atoms with van der Waals surface area (Å²) in [6.45, 7) is -0.0923. The van der Waals surface area contributed by atoms with E-state index in [2.05, 4.69) is 12.1 Å². The molecule has 0 aliphatic heterocycles. The van der Waals surface area contributed by atoms with E-state index in [0.717, 1.165) is 11.5 Å². The zero-order valence-electron chi connectivity index (χ0n) is 6.42. The summed E-state index contributed by atoms with van der Waals surface area (Å²) in [6, 6.07) is 8.07. The Balaban J connectivity index is 2.19. The van der Waals surface area contributed by atoms with Gasteiger partial charge >= 0.3 is 0 Å². The van der Waals surface area contributed by atoms with Crippen LogP contribution in [-0.4, -0.2) is 0 Å². The van der Waals surface area contributed by atoms with Crippen LogP contribution < -0.4 is 0 Å². The molecule has 1 aromatic carbocycles. The fourth-order valence-electron chi connectivity index (χ4n) is 1.30. The maximum atomic E-state index is 10.4. The van der Waals surface area contributed by atoms with Gasteiger partial charge in [-0.25, -0.2) is 5.11 Å². The van der Waals surface area contributed by atoms with Crippen LogP contribution in [0.4, 0.5) is 0 Å². The minimum absolute atomic E-state index is 0.0923. The van der Waals surface area contributed by atoms with E-state index in [4.69, 9.17) is 0 Å². The third kappa shape index (κ3) is 1.43. The molecule has 1 radical (unpaired) electrons. The lowest BCUT2D eigenvalue weighted by Gasteiger charge is -1.97. The molecule has 1 aromatic rings. The van der Waals surface area contributed by atoms with Gasteiger partial charge in [0.1, 0.15) is 6.61 Å². The van der Waals surface area contributed by atoms with E-state index in [0.29, 0.717) is 0 Å². The quantitative estimate of drug-likeness (QED) is 0.612. The van der Waals surface area contributed by atoms with Crippen molar-refractivity contribution in [3.8, 4) is 0 Å². The van der Waals surface area contributed by atoms with Crippen molar-refractivity contribution in [2.24, 2.45) is 0 Å². The molecule has 1 saturated carbocycles. The first kappa shape index (κ1) is 6.86. The van der Waals surface area contributed by atoms with Gasteiger partial charge in [-0.15, -0.1) is 0 Å². The van der Waals surface area contributed by atoms with Crippen molar-refractivity contribution in [1.29, 1.82) is 0 Å². The van der Waals surface area contributed by atoms with Crippen LogP contribution in [0.5, 0.6) is 0 Å². The number of benzene rings is 1. The van der Waals surface area contributed by atoms with Crippen LogP contribution in [0.3, 0.4) is 0 Å². The molecule has 0 amide bonds. The Bertz CT molecular complexity index is 234. The molecule has 1 nitrogen and oxygen atoms in total. The molecule has 1 aliphatic carbocycles. The highest BCUT2D eigenvalue weighted by Crippen LogP contribution is 2.39. The SMILES string of the molecule is [O]Cc1ccc(C2CC2)cc1. The van der Waals surface area contributed by atoms with E-state index in [9.17, 15) is 5.11 Å². The Labute approximate surface area is 66.7 Å². The molecule has 0 saturated heterocycles. The summed E-state index contributed by atoms with van der Waals surface area (Å²) < 4.78 is 0. The Hall–Kier alpha value is -0.820. The van der Waals surface area contributed by atoms with Crippen molar-refractivity contribution in [2.75, 3.05) is 0 Å². The van der Waals surface area contributed by atoms with E-state index < -0.39 is 0 Å². The minimum atomic E-state index is -0.0923. The van der Waals surface area contributed by atoms with Crippen LogP contribution >= 0.6 is 0 Å². The maximum absolute atomic E-state index is 10.4. The van der Waals surface area contributed by atoms with Crippen LogP contribution in [0.2, 0.25) is 0 Å². The fraction of sp³-hybridized carbons (Fsp3) is 0.400. The standard InChI is InChI=1S/C10H11O/c11-7-8-1-3-9(4-2-8)10-5-6-10/h1-4,10H,5-7H2. The highest BCUT2D eigenvalue weighted by molar-refractivity contribution is 5.27. The third-order valence-electron chi connectivity index (χ3n) is 2.20. The van der Waals surface area contributed by atoms with Crippen molar-refractivity contribution >= 4 is 0 Å². The Morgan fingerprint density at radius 1 is 1.18 bits per heavy atom. The largest absolute Gasteiger partial charge is 0.232 e. The molecule has 0 heterocycles. The molecule has 1 fully saturated rings. The molecule has 1 aliphatic rings. The smallest absolute Gasteiger partial charge is 0.107 e. The minimum Gasteiger partial charge on any atom is -0.232 e. The highest BCUT2D eigenvalue weighted by atomic mass is 16.3. The van der Waals surface area contributed by atoms with Gasteiger partial charge in [-0.1, -0.05) is 24.3 Å². The van der Waals surface area contributed by atoms with Gasteiger partial charge in [0, 0.05) is 0 Å². The van der Waals surface area contributed by atoms with Gasteiger partial charge in [-0.2, -0.15) is 0 Å². The normalized spacial score (nSPS) is 16.8. The second kappa shape index (κ2) is 2.67. The van der Waals surface area contributed by atoms with Gasteiger partial charge < -0.3 is 0 Å². The van der Waals surface area contributed by atoms with E-state index in [1.54, 1.807) is 0 Å². The number of hydrogen-bond acceptors (Lipinski definition) is 0. The van der Waals surface area contributed by atoms with Gasteiger partial charge in [0.2, 0.25) is 0 Å². The zero-order valence-corrected chi connectivity index (χ0v) is 6.42. The monoisotopic (exact) mass is 147 g/mol. The molecule has 0 spiro atoms.